The zero-order valence-corrected chi connectivity index (χ0v) is 12.1. The molecule has 1 unspecified atom stereocenters. The van der Waals surface area contributed by atoms with E-state index in [9.17, 15) is 0 Å². The van der Waals surface area contributed by atoms with Crippen molar-refractivity contribution < 1.29 is 0 Å². The van der Waals surface area contributed by atoms with E-state index in [4.69, 9.17) is 11.6 Å². The fourth-order valence-corrected chi connectivity index (χ4v) is 3.41. The maximum atomic E-state index is 5.77. The molecule has 1 aliphatic rings. The molecule has 0 amide bonds. The summed E-state index contributed by atoms with van der Waals surface area (Å²) < 4.78 is 0. The van der Waals surface area contributed by atoms with Crippen molar-refractivity contribution in [2.75, 3.05) is 27.2 Å². The molecule has 1 aromatic heterocycles. The standard InChI is InChI=1S/C12H20ClN3S/c1-15-5-3-4-11(7-15)16(2)8-12-14-10(6-13)9-17-12/h9,11H,3-8H2,1-2H3. The number of likely N-dealkylation sites (tertiary alicyclic amines) is 1. The van der Waals surface area contributed by atoms with Gasteiger partial charge < -0.3 is 4.90 Å². The molecule has 1 atom stereocenters. The van der Waals surface area contributed by atoms with Gasteiger partial charge >= 0.3 is 0 Å². The Labute approximate surface area is 112 Å². The first kappa shape index (κ1) is 13.3. The summed E-state index contributed by atoms with van der Waals surface area (Å²) in [4.78, 5) is 9.35. The Kier molecular flexibility index (Phi) is 4.79. The Morgan fingerprint density at radius 2 is 2.47 bits per heavy atom. The van der Waals surface area contributed by atoms with E-state index in [0.717, 1.165) is 12.2 Å². The second-order valence-corrected chi connectivity index (χ2v) is 6.05. The summed E-state index contributed by atoms with van der Waals surface area (Å²) in [5.74, 6) is 0.520. The van der Waals surface area contributed by atoms with Crippen molar-refractivity contribution in [2.45, 2.75) is 31.3 Å². The number of thiazole rings is 1. The first-order valence-corrected chi connectivity index (χ1v) is 7.48. The molecule has 0 aliphatic carbocycles. The predicted octanol–water partition coefficient (Wildman–Crippen LogP) is 2.41. The number of halogens is 1. The van der Waals surface area contributed by atoms with Crippen LogP contribution in [-0.4, -0.2) is 48.0 Å². The molecule has 5 heteroatoms. The molecule has 0 spiro atoms. The van der Waals surface area contributed by atoms with Crippen LogP contribution in [-0.2, 0) is 12.4 Å². The number of hydrogen-bond donors (Lipinski definition) is 0. The minimum atomic E-state index is 0.520. The lowest BCUT2D eigenvalue weighted by molar-refractivity contribution is 0.129. The van der Waals surface area contributed by atoms with Gasteiger partial charge in [0.2, 0.25) is 0 Å². The van der Waals surface area contributed by atoms with Crippen molar-refractivity contribution in [3.05, 3.63) is 16.1 Å². The van der Waals surface area contributed by atoms with E-state index in [2.05, 4.69) is 34.3 Å². The molecule has 1 fully saturated rings. The summed E-state index contributed by atoms with van der Waals surface area (Å²) in [7, 11) is 4.40. The van der Waals surface area contributed by atoms with Gasteiger partial charge in [-0.3, -0.25) is 4.90 Å². The molecule has 1 aliphatic heterocycles. The lowest BCUT2D eigenvalue weighted by Crippen LogP contribution is -2.44. The number of rotatable bonds is 4. The molecule has 1 saturated heterocycles. The van der Waals surface area contributed by atoms with Crippen LogP contribution in [0.3, 0.4) is 0 Å². The molecule has 0 aromatic carbocycles. The first-order valence-electron chi connectivity index (χ1n) is 6.07. The van der Waals surface area contributed by atoms with E-state index in [-0.39, 0.29) is 0 Å². The summed E-state index contributed by atoms with van der Waals surface area (Å²) in [6.45, 7) is 3.35. The molecule has 0 bridgehead atoms. The molecule has 96 valence electrons. The van der Waals surface area contributed by atoms with Crippen molar-refractivity contribution in [2.24, 2.45) is 0 Å². The van der Waals surface area contributed by atoms with Crippen LogP contribution in [0.1, 0.15) is 23.5 Å². The Bertz CT molecular complexity index is 355. The fraction of sp³-hybridized carbons (Fsp3) is 0.750. The van der Waals surface area contributed by atoms with Gasteiger partial charge in [0, 0.05) is 18.0 Å². The van der Waals surface area contributed by atoms with Gasteiger partial charge in [-0.15, -0.1) is 22.9 Å². The van der Waals surface area contributed by atoms with Gasteiger partial charge in [-0.05, 0) is 33.5 Å². The SMILES string of the molecule is CN1CCCC(N(C)Cc2nc(CCl)cs2)C1. The van der Waals surface area contributed by atoms with Crippen LogP contribution in [0.4, 0.5) is 0 Å². The molecular weight excluding hydrogens is 254 g/mol. The average molecular weight is 274 g/mol. The Morgan fingerprint density at radius 3 is 3.12 bits per heavy atom. The van der Waals surface area contributed by atoms with Gasteiger partial charge in [0.05, 0.1) is 18.1 Å². The lowest BCUT2D eigenvalue weighted by Gasteiger charge is -2.35. The Balaban J connectivity index is 1.89. The zero-order valence-electron chi connectivity index (χ0n) is 10.5. The summed E-state index contributed by atoms with van der Waals surface area (Å²) in [6, 6.07) is 0.664. The summed E-state index contributed by atoms with van der Waals surface area (Å²) in [6.07, 6.45) is 2.60. The number of aromatic nitrogens is 1. The highest BCUT2D eigenvalue weighted by Gasteiger charge is 2.21. The van der Waals surface area contributed by atoms with Crippen LogP contribution in [0.5, 0.6) is 0 Å². The minimum absolute atomic E-state index is 0.520. The van der Waals surface area contributed by atoms with Crippen molar-refractivity contribution in [3.63, 3.8) is 0 Å². The topological polar surface area (TPSA) is 19.4 Å². The van der Waals surface area contributed by atoms with E-state index in [0.29, 0.717) is 11.9 Å². The normalized spacial score (nSPS) is 22.2. The first-order chi connectivity index (χ1) is 8.19. The summed E-state index contributed by atoms with van der Waals surface area (Å²) in [5, 5.41) is 3.24. The lowest BCUT2D eigenvalue weighted by atomic mass is 10.1. The smallest absolute Gasteiger partial charge is 0.107 e. The molecular formula is C12H20ClN3S. The third-order valence-corrected chi connectivity index (χ3v) is 4.50. The number of alkyl halides is 1. The van der Waals surface area contributed by atoms with E-state index < -0.39 is 0 Å². The molecule has 17 heavy (non-hydrogen) atoms. The third-order valence-electron chi connectivity index (χ3n) is 3.34. The van der Waals surface area contributed by atoms with Crippen molar-refractivity contribution in [1.29, 1.82) is 0 Å². The quantitative estimate of drug-likeness (QED) is 0.786. The zero-order chi connectivity index (χ0) is 12.3. The maximum absolute atomic E-state index is 5.77. The van der Waals surface area contributed by atoms with Crippen molar-refractivity contribution in [3.8, 4) is 0 Å². The van der Waals surface area contributed by atoms with Crippen molar-refractivity contribution >= 4 is 22.9 Å². The summed E-state index contributed by atoms with van der Waals surface area (Å²) >= 11 is 7.48. The molecule has 0 N–H and O–H groups in total. The van der Waals surface area contributed by atoms with Gasteiger partial charge in [0.25, 0.3) is 0 Å². The van der Waals surface area contributed by atoms with Crippen LogP contribution < -0.4 is 0 Å². The molecule has 3 nitrogen and oxygen atoms in total. The van der Waals surface area contributed by atoms with Crippen LogP contribution in [0.2, 0.25) is 0 Å². The molecule has 0 saturated carbocycles. The molecule has 2 rings (SSSR count). The largest absolute Gasteiger partial charge is 0.305 e. The average Bonchev–Trinajstić information content (AvgIpc) is 2.77. The minimum Gasteiger partial charge on any atom is -0.305 e. The molecule has 2 heterocycles. The van der Waals surface area contributed by atoms with E-state index >= 15 is 0 Å². The highest BCUT2D eigenvalue weighted by Crippen LogP contribution is 2.18. The van der Waals surface area contributed by atoms with Gasteiger partial charge in [0.1, 0.15) is 5.01 Å². The van der Waals surface area contributed by atoms with Gasteiger partial charge in [0.15, 0.2) is 0 Å². The van der Waals surface area contributed by atoms with Crippen LogP contribution in [0, 0.1) is 0 Å². The van der Waals surface area contributed by atoms with Crippen LogP contribution >= 0.6 is 22.9 Å². The number of nitrogens with zero attached hydrogens (tertiary/aromatic N) is 3. The number of hydrogen-bond acceptors (Lipinski definition) is 4. The fourth-order valence-electron chi connectivity index (χ4n) is 2.32. The highest BCUT2D eigenvalue weighted by atomic mass is 35.5. The Hall–Kier alpha value is -0.160. The summed E-state index contributed by atoms with van der Waals surface area (Å²) in [5.41, 5.74) is 1.00. The second-order valence-electron chi connectivity index (χ2n) is 4.84. The second kappa shape index (κ2) is 6.14. The van der Waals surface area contributed by atoms with E-state index in [1.54, 1.807) is 11.3 Å². The predicted molar refractivity (Wildman–Crippen MR) is 73.7 cm³/mol. The molecule has 1 aromatic rings. The third kappa shape index (κ3) is 3.65. The van der Waals surface area contributed by atoms with Crippen LogP contribution in [0.15, 0.2) is 5.38 Å². The Morgan fingerprint density at radius 1 is 1.65 bits per heavy atom. The maximum Gasteiger partial charge on any atom is 0.107 e. The van der Waals surface area contributed by atoms with Crippen LogP contribution in [0.25, 0.3) is 0 Å². The molecule has 0 radical (unpaired) electrons. The van der Waals surface area contributed by atoms with E-state index in [1.807, 2.05) is 0 Å². The number of piperidine rings is 1. The van der Waals surface area contributed by atoms with Crippen molar-refractivity contribution in [1.82, 2.24) is 14.8 Å². The van der Waals surface area contributed by atoms with Gasteiger partial charge in [-0.2, -0.15) is 0 Å². The van der Waals surface area contributed by atoms with E-state index in [1.165, 1.54) is 30.9 Å². The monoisotopic (exact) mass is 273 g/mol. The van der Waals surface area contributed by atoms with Gasteiger partial charge in [-0.1, -0.05) is 0 Å². The van der Waals surface area contributed by atoms with Gasteiger partial charge in [-0.25, -0.2) is 4.98 Å². The highest BCUT2D eigenvalue weighted by molar-refractivity contribution is 7.09. The number of likely N-dealkylation sites (N-methyl/N-ethyl adjacent to an activating group) is 2.